The SMILES string of the molecule is C/C(=N/NC(=O)C1CCCCC1)c1ccc(NC(=O)c2ccc(Cl)cc2)cc1. The van der Waals surface area contributed by atoms with Crippen molar-refractivity contribution in [3.05, 3.63) is 64.7 Å². The molecule has 28 heavy (non-hydrogen) atoms. The Labute approximate surface area is 170 Å². The van der Waals surface area contributed by atoms with Crippen LogP contribution >= 0.6 is 11.6 Å². The summed E-state index contributed by atoms with van der Waals surface area (Å²) in [4.78, 5) is 24.4. The summed E-state index contributed by atoms with van der Waals surface area (Å²) in [5, 5.41) is 7.67. The Hall–Kier alpha value is -2.66. The first-order chi connectivity index (χ1) is 13.5. The molecule has 0 saturated heterocycles. The topological polar surface area (TPSA) is 70.6 Å². The van der Waals surface area contributed by atoms with Gasteiger partial charge in [-0.2, -0.15) is 5.10 Å². The fourth-order valence-corrected chi connectivity index (χ4v) is 3.38. The molecule has 1 aliphatic rings. The molecule has 0 radical (unpaired) electrons. The van der Waals surface area contributed by atoms with E-state index in [1.807, 2.05) is 31.2 Å². The Balaban J connectivity index is 1.57. The quantitative estimate of drug-likeness (QED) is 0.549. The van der Waals surface area contributed by atoms with Crippen LogP contribution < -0.4 is 10.7 Å². The first kappa shape index (κ1) is 20.1. The standard InChI is InChI=1S/C22H24ClN3O2/c1-15(25-26-22(28)17-5-3-2-4-6-17)16-9-13-20(14-10-16)24-21(27)18-7-11-19(23)12-8-18/h7-14,17H,2-6H2,1H3,(H,24,27)(H,26,28)/b25-15-. The average Bonchev–Trinajstić information content (AvgIpc) is 2.73. The summed E-state index contributed by atoms with van der Waals surface area (Å²) < 4.78 is 0. The number of hydrogen-bond acceptors (Lipinski definition) is 3. The van der Waals surface area contributed by atoms with E-state index in [0.717, 1.165) is 37.0 Å². The summed E-state index contributed by atoms with van der Waals surface area (Å²) in [5.74, 6) is -0.115. The maximum atomic E-state index is 12.2. The van der Waals surface area contributed by atoms with E-state index in [9.17, 15) is 9.59 Å². The molecule has 3 rings (SSSR count). The van der Waals surface area contributed by atoms with E-state index in [0.29, 0.717) is 16.3 Å². The van der Waals surface area contributed by atoms with Gasteiger partial charge in [-0.1, -0.05) is 43.0 Å². The van der Waals surface area contributed by atoms with E-state index in [4.69, 9.17) is 11.6 Å². The predicted octanol–water partition coefficient (Wildman–Crippen LogP) is 5.01. The van der Waals surface area contributed by atoms with Crippen LogP contribution in [-0.4, -0.2) is 17.5 Å². The van der Waals surface area contributed by atoms with Crippen LogP contribution in [0, 0.1) is 5.92 Å². The number of nitrogens with zero attached hydrogens (tertiary/aromatic N) is 1. The third-order valence-electron chi connectivity index (χ3n) is 4.98. The molecule has 2 N–H and O–H groups in total. The summed E-state index contributed by atoms with van der Waals surface area (Å²) >= 11 is 5.84. The maximum Gasteiger partial charge on any atom is 0.255 e. The summed E-state index contributed by atoms with van der Waals surface area (Å²) in [5.41, 5.74) is 5.52. The molecule has 1 fully saturated rings. The summed E-state index contributed by atoms with van der Waals surface area (Å²) in [7, 11) is 0. The van der Waals surface area contributed by atoms with E-state index in [-0.39, 0.29) is 17.7 Å². The van der Waals surface area contributed by atoms with Gasteiger partial charge in [0.1, 0.15) is 0 Å². The number of carbonyl (C=O) groups excluding carboxylic acids is 2. The summed E-state index contributed by atoms with van der Waals surface area (Å²) in [6.45, 7) is 1.85. The molecule has 0 heterocycles. The van der Waals surface area contributed by atoms with Gasteiger partial charge in [-0.3, -0.25) is 9.59 Å². The highest BCUT2D eigenvalue weighted by Gasteiger charge is 2.20. The number of hydrazone groups is 1. The van der Waals surface area contributed by atoms with E-state index >= 15 is 0 Å². The van der Waals surface area contributed by atoms with Gasteiger partial charge >= 0.3 is 0 Å². The highest BCUT2D eigenvalue weighted by Crippen LogP contribution is 2.23. The molecule has 0 spiro atoms. The zero-order valence-electron chi connectivity index (χ0n) is 15.9. The number of carbonyl (C=O) groups is 2. The van der Waals surface area contributed by atoms with Crippen molar-refractivity contribution < 1.29 is 9.59 Å². The van der Waals surface area contributed by atoms with Gasteiger partial charge in [-0.25, -0.2) is 5.43 Å². The number of halogens is 1. The smallest absolute Gasteiger partial charge is 0.255 e. The predicted molar refractivity (Wildman–Crippen MR) is 113 cm³/mol. The third-order valence-corrected chi connectivity index (χ3v) is 5.23. The van der Waals surface area contributed by atoms with Crippen LogP contribution in [0.5, 0.6) is 0 Å². The number of anilines is 1. The molecule has 0 aliphatic heterocycles. The normalized spacial score (nSPS) is 15.1. The highest BCUT2D eigenvalue weighted by atomic mass is 35.5. The van der Waals surface area contributed by atoms with Crippen LogP contribution in [0.3, 0.4) is 0 Å². The molecule has 1 aliphatic carbocycles. The molecule has 146 valence electrons. The fraction of sp³-hybridized carbons (Fsp3) is 0.318. The highest BCUT2D eigenvalue weighted by molar-refractivity contribution is 6.30. The van der Waals surface area contributed by atoms with Crippen LogP contribution in [0.2, 0.25) is 5.02 Å². The minimum absolute atomic E-state index is 0.00546. The van der Waals surface area contributed by atoms with Gasteiger partial charge in [-0.15, -0.1) is 0 Å². The van der Waals surface area contributed by atoms with Crippen molar-refractivity contribution in [2.75, 3.05) is 5.32 Å². The van der Waals surface area contributed by atoms with Gasteiger partial charge < -0.3 is 5.32 Å². The molecule has 6 heteroatoms. The van der Waals surface area contributed by atoms with Crippen LogP contribution in [0.4, 0.5) is 5.69 Å². The molecule has 0 aromatic heterocycles. The maximum absolute atomic E-state index is 12.2. The number of hydrogen-bond donors (Lipinski definition) is 2. The zero-order valence-corrected chi connectivity index (χ0v) is 16.6. The fourth-order valence-electron chi connectivity index (χ4n) is 3.26. The molecule has 1 saturated carbocycles. The number of nitrogens with one attached hydrogen (secondary N) is 2. The molecule has 0 unspecified atom stereocenters. The summed E-state index contributed by atoms with van der Waals surface area (Å²) in [6, 6.07) is 14.1. The molecule has 2 aromatic carbocycles. The number of rotatable bonds is 5. The van der Waals surface area contributed by atoms with E-state index in [2.05, 4.69) is 15.8 Å². The van der Waals surface area contributed by atoms with Crippen LogP contribution in [0.1, 0.15) is 54.9 Å². The van der Waals surface area contributed by atoms with Gasteiger partial charge in [0.2, 0.25) is 5.91 Å². The van der Waals surface area contributed by atoms with Crippen molar-refractivity contribution >= 4 is 34.8 Å². The first-order valence-electron chi connectivity index (χ1n) is 9.54. The zero-order chi connectivity index (χ0) is 19.9. The lowest BCUT2D eigenvalue weighted by molar-refractivity contribution is -0.125. The van der Waals surface area contributed by atoms with Crippen molar-refractivity contribution in [2.24, 2.45) is 11.0 Å². The lowest BCUT2D eigenvalue weighted by Gasteiger charge is -2.19. The minimum atomic E-state index is -0.199. The van der Waals surface area contributed by atoms with Gasteiger partial charge in [0, 0.05) is 22.2 Å². The first-order valence-corrected chi connectivity index (χ1v) is 9.92. The minimum Gasteiger partial charge on any atom is -0.322 e. The van der Waals surface area contributed by atoms with Gasteiger partial charge in [-0.05, 0) is 61.7 Å². The van der Waals surface area contributed by atoms with Crippen molar-refractivity contribution in [3.63, 3.8) is 0 Å². The van der Waals surface area contributed by atoms with Crippen LogP contribution in [0.25, 0.3) is 0 Å². The molecule has 0 atom stereocenters. The molecule has 2 aromatic rings. The van der Waals surface area contributed by atoms with Gasteiger partial charge in [0.25, 0.3) is 5.91 Å². The Morgan fingerprint density at radius 3 is 2.18 bits per heavy atom. The van der Waals surface area contributed by atoms with Crippen molar-refractivity contribution in [2.45, 2.75) is 39.0 Å². The lowest BCUT2D eigenvalue weighted by atomic mass is 9.89. The van der Waals surface area contributed by atoms with Crippen molar-refractivity contribution in [1.82, 2.24) is 5.43 Å². The Bertz CT molecular complexity index is 854. The molecule has 5 nitrogen and oxygen atoms in total. The average molecular weight is 398 g/mol. The Morgan fingerprint density at radius 1 is 0.929 bits per heavy atom. The van der Waals surface area contributed by atoms with Crippen LogP contribution in [0.15, 0.2) is 53.6 Å². The second kappa shape index (κ2) is 9.51. The second-order valence-corrected chi connectivity index (χ2v) is 7.48. The Kier molecular flexibility index (Phi) is 6.82. The molecular formula is C22H24ClN3O2. The van der Waals surface area contributed by atoms with E-state index in [1.54, 1.807) is 24.3 Å². The van der Waals surface area contributed by atoms with E-state index < -0.39 is 0 Å². The van der Waals surface area contributed by atoms with E-state index in [1.165, 1.54) is 6.42 Å². The number of amides is 2. The van der Waals surface area contributed by atoms with Crippen LogP contribution in [-0.2, 0) is 4.79 Å². The monoisotopic (exact) mass is 397 g/mol. The largest absolute Gasteiger partial charge is 0.322 e. The number of benzene rings is 2. The van der Waals surface area contributed by atoms with Gasteiger partial charge in [0.05, 0.1) is 5.71 Å². The second-order valence-electron chi connectivity index (χ2n) is 7.05. The molecule has 2 amide bonds. The molecular weight excluding hydrogens is 374 g/mol. The Morgan fingerprint density at radius 2 is 1.54 bits per heavy atom. The lowest BCUT2D eigenvalue weighted by Crippen LogP contribution is -2.29. The summed E-state index contributed by atoms with van der Waals surface area (Å²) in [6.07, 6.45) is 5.34. The van der Waals surface area contributed by atoms with Crippen molar-refractivity contribution in [3.8, 4) is 0 Å². The molecule has 0 bridgehead atoms. The van der Waals surface area contributed by atoms with Gasteiger partial charge in [0.15, 0.2) is 0 Å². The third kappa shape index (κ3) is 5.42. The van der Waals surface area contributed by atoms with Crippen molar-refractivity contribution in [1.29, 1.82) is 0 Å².